The van der Waals surface area contributed by atoms with Crippen molar-refractivity contribution < 1.29 is 0 Å². The standard InChI is InChI=1S/C19H22/c1-16(2)12-14-18-10-6-7-11-19(18)15-13-17-8-4-3-5-9-17/h3-12H,13-15H2,1-2H3. The second-order valence-corrected chi connectivity index (χ2v) is 5.24. The largest absolute Gasteiger partial charge is 0.0815 e. The molecule has 0 unspecified atom stereocenters. The van der Waals surface area contributed by atoms with E-state index in [0.29, 0.717) is 0 Å². The molecule has 2 aromatic rings. The SMILES string of the molecule is CC(C)=CCc1ccccc1CCc1ccccc1. The van der Waals surface area contributed by atoms with Gasteiger partial charge in [-0.05, 0) is 49.8 Å². The lowest BCUT2D eigenvalue weighted by atomic mass is 9.97. The Morgan fingerprint density at radius 1 is 0.789 bits per heavy atom. The van der Waals surface area contributed by atoms with E-state index in [-0.39, 0.29) is 0 Å². The maximum absolute atomic E-state index is 2.31. The maximum Gasteiger partial charge on any atom is -0.00922 e. The highest BCUT2D eigenvalue weighted by molar-refractivity contribution is 5.30. The molecule has 0 atom stereocenters. The Kier molecular flexibility index (Phi) is 4.97. The first-order valence-corrected chi connectivity index (χ1v) is 7.00. The summed E-state index contributed by atoms with van der Waals surface area (Å²) in [6.07, 6.45) is 5.60. The molecule has 0 saturated heterocycles. The van der Waals surface area contributed by atoms with Gasteiger partial charge >= 0.3 is 0 Å². The molecule has 0 bridgehead atoms. The monoisotopic (exact) mass is 250 g/mol. The molecule has 0 radical (unpaired) electrons. The Morgan fingerprint density at radius 2 is 1.42 bits per heavy atom. The van der Waals surface area contributed by atoms with Crippen molar-refractivity contribution in [3.8, 4) is 0 Å². The summed E-state index contributed by atoms with van der Waals surface area (Å²) in [5, 5.41) is 0. The highest BCUT2D eigenvalue weighted by Crippen LogP contribution is 2.14. The Morgan fingerprint density at radius 3 is 2.11 bits per heavy atom. The molecule has 2 rings (SSSR count). The minimum atomic E-state index is 1.05. The van der Waals surface area contributed by atoms with Gasteiger partial charge in [0.1, 0.15) is 0 Å². The predicted octanol–water partition coefficient (Wildman–Crippen LogP) is 4.98. The van der Waals surface area contributed by atoms with Crippen LogP contribution >= 0.6 is 0 Å². The summed E-state index contributed by atoms with van der Waals surface area (Å²) in [6, 6.07) is 19.5. The van der Waals surface area contributed by atoms with Crippen molar-refractivity contribution in [2.24, 2.45) is 0 Å². The number of rotatable bonds is 5. The fourth-order valence-electron chi connectivity index (χ4n) is 2.24. The van der Waals surface area contributed by atoms with Gasteiger partial charge in [-0.2, -0.15) is 0 Å². The number of benzene rings is 2. The van der Waals surface area contributed by atoms with Crippen LogP contribution in [0.3, 0.4) is 0 Å². The summed E-state index contributed by atoms with van der Waals surface area (Å²) in [4.78, 5) is 0. The molecule has 0 aliphatic carbocycles. The molecule has 19 heavy (non-hydrogen) atoms. The van der Waals surface area contributed by atoms with Crippen LogP contribution in [0.5, 0.6) is 0 Å². The van der Waals surface area contributed by atoms with E-state index in [9.17, 15) is 0 Å². The fourth-order valence-corrected chi connectivity index (χ4v) is 2.24. The van der Waals surface area contributed by atoms with Crippen LogP contribution in [0.25, 0.3) is 0 Å². The molecule has 0 amide bonds. The molecule has 0 fully saturated rings. The Bertz CT molecular complexity index is 531. The van der Waals surface area contributed by atoms with Crippen LogP contribution in [0, 0.1) is 0 Å². The zero-order chi connectivity index (χ0) is 13.5. The minimum Gasteiger partial charge on any atom is -0.0815 e. The first-order valence-electron chi connectivity index (χ1n) is 7.00. The second kappa shape index (κ2) is 6.94. The van der Waals surface area contributed by atoms with E-state index in [1.807, 2.05) is 0 Å². The summed E-state index contributed by atoms with van der Waals surface area (Å²) < 4.78 is 0. The van der Waals surface area contributed by atoms with Crippen molar-refractivity contribution in [1.82, 2.24) is 0 Å². The van der Waals surface area contributed by atoms with Crippen molar-refractivity contribution in [3.63, 3.8) is 0 Å². The third-order valence-electron chi connectivity index (χ3n) is 3.37. The molecular formula is C19H22. The summed E-state index contributed by atoms with van der Waals surface area (Å²) in [5.74, 6) is 0. The van der Waals surface area contributed by atoms with Crippen LogP contribution in [0.4, 0.5) is 0 Å². The smallest absolute Gasteiger partial charge is 0.00922 e. The lowest BCUT2D eigenvalue weighted by Crippen LogP contribution is -1.96. The lowest BCUT2D eigenvalue weighted by molar-refractivity contribution is 0.940. The quantitative estimate of drug-likeness (QED) is 0.656. The number of allylic oxidation sites excluding steroid dienone is 2. The summed E-state index contributed by atoms with van der Waals surface area (Å²) in [6.45, 7) is 4.32. The molecule has 0 aliphatic rings. The average Bonchev–Trinajstić information content (AvgIpc) is 2.45. The van der Waals surface area contributed by atoms with Crippen LogP contribution in [-0.4, -0.2) is 0 Å². The van der Waals surface area contributed by atoms with Crippen molar-refractivity contribution in [1.29, 1.82) is 0 Å². The van der Waals surface area contributed by atoms with E-state index in [4.69, 9.17) is 0 Å². The first kappa shape index (κ1) is 13.6. The molecule has 98 valence electrons. The molecule has 0 spiro atoms. The topological polar surface area (TPSA) is 0 Å². The highest BCUT2D eigenvalue weighted by atomic mass is 14.1. The van der Waals surface area contributed by atoms with Gasteiger partial charge in [0.05, 0.1) is 0 Å². The summed E-state index contributed by atoms with van der Waals surface area (Å²) in [7, 11) is 0. The number of hydrogen-bond donors (Lipinski definition) is 0. The zero-order valence-corrected chi connectivity index (χ0v) is 11.9. The molecule has 0 aliphatic heterocycles. The van der Waals surface area contributed by atoms with Gasteiger partial charge < -0.3 is 0 Å². The van der Waals surface area contributed by atoms with E-state index in [1.165, 1.54) is 22.3 Å². The minimum absolute atomic E-state index is 1.05. The van der Waals surface area contributed by atoms with Crippen LogP contribution in [0.15, 0.2) is 66.2 Å². The third kappa shape index (κ3) is 4.40. The van der Waals surface area contributed by atoms with Gasteiger partial charge in [-0.25, -0.2) is 0 Å². The van der Waals surface area contributed by atoms with Gasteiger partial charge in [-0.1, -0.05) is 66.2 Å². The van der Waals surface area contributed by atoms with Crippen molar-refractivity contribution in [2.45, 2.75) is 33.1 Å². The molecule has 0 heterocycles. The van der Waals surface area contributed by atoms with Crippen molar-refractivity contribution in [3.05, 3.63) is 82.9 Å². The molecular weight excluding hydrogens is 228 g/mol. The fraction of sp³-hybridized carbons (Fsp3) is 0.263. The van der Waals surface area contributed by atoms with E-state index < -0.39 is 0 Å². The van der Waals surface area contributed by atoms with Crippen LogP contribution < -0.4 is 0 Å². The second-order valence-electron chi connectivity index (χ2n) is 5.24. The lowest BCUT2D eigenvalue weighted by Gasteiger charge is -2.08. The molecule has 0 nitrogen and oxygen atoms in total. The Labute approximate surface area is 116 Å². The highest BCUT2D eigenvalue weighted by Gasteiger charge is 2.01. The van der Waals surface area contributed by atoms with Crippen molar-refractivity contribution >= 4 is 0 Å². The van der Waals surface area contributed by atoms with Gasteiger partial charge in [0.25, 0.3) is 0 Å². The van der Waals surface area contributed by atoms with Crippen LogP contribution in [0.1, 0.15) is 30.5 Å². The Hall–Kier alpha value is -1.82. The van der Waals surface area contributed by atoms with E-state index in [2.05, 4.69) is 74.5 Å². The predicted molar refractivity (Wildman–Crippen MR) is 83.4 cm³/mol. The first-order chi connectivity index (χ1) is 9.25. The van der Waals surface area contributed by atoms with Gasteiger partial charge in [-0.3, -0.25) is 0 Å². The van der Waals surface area contributed by atoms with Gasteiger partial charge in [0.2, 0.25) is 0 Å². The van der Waals surface area contributed by atoms with Gasteiger partial charge in [0.15, 0.2) is 0 Å². The van der Waals surface area contributed by atoms with E-state index in [1.54, 1.807) is 0 Å². The molecule has 0 saturated carbocycles. The van der Waals surface area contributed by atoms with Gasteiger partial charge in [-0.15, -0.1) is 0 Å². The van der Waals surface area contributed by atoms with Crippen LogP contribution in [0.2, 0.25) is 0 Å². The number of aryl methyl sites for hydroxylation is 2. The molecule has 0 aromatic heterocycles. The summed E-state index contributed by atoms with van der Waals surface area (Å²) in [5.41, 5.74) is 5.74. The molecule has 2 aromatic carbocycles. The zero-order valence-electron chi connectivity index (χ0n) is 11.9. The normalized spacial score (nSPS) is 10.2. The molecule has 0 heteroatoms. The molecule has 0 N–H and O–H groups in total. The van der Waals surface area contributed by atoms with Crippen LogP contribution in [-0.2, 0) is 19.3 Å². The van der Waals surface area contributed by atoms with Gasteiger partial charge in [0, 0.05) is 0 Å². The average molecular weight is 250 g/mol. The maximum atomic E-state index is 2.31. The summed E-state index contributed by atoms with van der Waals surface area (Å²) >= 11 is 0. The number of hydrogen-bond acceptors (Lipinski definition) is 0. The van der Waals surface area contributed by atoms with E-state index >= 15 is 0 Å². The third-order valence-corrected chi connectivity index (χ3v) is 3.37. The Balaban J connectivity index is 2.05. The van der Waals surface area contributed by atoms with Crippen molar-refractivity contribution in [2.75, 3.05) is 0 Å². The van der Waals surface area contributed by atoms with E-state index in [0.717, 1.165) is 19.3 Å².